The van der Waals surface area contributed by atoms with Gasteiger partial charge in [0.15, 0.2) is 5.16 Å². The normalized spacial score (nSPS) is 11.2. The minimum Gasteiger partial charge on any atom is -0.305 e. The second-order valence-electron chi connectivity index (χ2n) is 5.33. The van der Waals surface area contributed by atoms with E-state index in [0.29, 0.717) is 10.8 Å². The number of benzene rings is 1. The van der Waals surface area contributed by atoms with Gasteiger partial charge in [-0.1, -0.05) is 41.6 Å². The molecule has 0 aliphatic heterocycles. The molecule has 1 aromatic carbocycles. The maximum Gasteiger partial charge on any atom is 0.196 e. The van der Waals surface area contributed by atoms with E-state index in [-0.39, 0.29) is 0 Å². The molecule has 5 nitrogen and oxygen atoms in total. The van der Waals surface area contributed by atoms with Gasteiger partial charge in [-0.15, -0.1) is 10.2 Å². The van der Waals surface area contributed by atoms with Gasteiger partial charge in [0.05, 0.1) is 10.7 Å². The Morgan fingerprint density at radius 3 is 2.71 bits per heavy atom. The summed E-state index contributed by atoms with van der Waals surface area (Å²) in [6.07, 6.45) is 3.85. The average Bonchev–Trinajstić information content (AvgIpc) is 3.16. The Balaban J connectivity index is 1.60. The zero-order valence-corrected chi connectivity index (χ0v) is 14.5. The molecule has 4 rings (SSSR count). The van der Waals surface area contributed by atoms with Crippen molar-refractivity contribution in [3.63, 3.8) is 0 Å². The van der Waals surface area contributed by atoms with Crippen molar-refractivity contribution in [2.75, 3.05) is 0 Å². The zero-order valence-electron chi connectivity index (χ0n) is 12.9. The van der Waals surface area contributed by atoms with Crippen molar-refractivity contribution in [2.24, 2.45) is 0 Å². The molecule has 0 aliphatic carbocycles. The van der Waals surface area contributed by atoms with E-state index in [1.807, 2.05) is 66.2 Å². The van der Waals surface area contributed by atoms with Crippen LogP contribution >= 0.6 is 23.4 Å². The van der Waals surface area contributed by atoms with Crippen LogP contribution in [0, 0.1) is 6.92 Å². The highest BCUT2D eigenvalue weighted by atomic mass is 35.5. The second kappa shape index (κ2) is 6.30. The van der Waals surface area contributed by atoms with Gasteiger partial charge in [-0.05, 0) is 31.2 Å². The first kappa shape index (κ1) is 15.2. The number of aromatic nitrogens is 5. The molecule has 0 fully saturated rings. The SMILES string of the molecule is Cc1nnc(SCc2cn3cc(Cl)ccc3n2)n1-c1ccccc1. The van der Waals surface area contributed by atoms with Crippen LogP contribution in [-0.4, -0.2) is 24.1 Å². The molecular formula is C17H14ClN5S. The number of aryl methyl sites for hydroxylation is 1. The lowest BCUT2D eigenvalue weighted by Crippen LogP contribution is -1.98. The van der Waals surface area contributed by atoms with Crippen molar-refractivity contribution in [3.8, 4) is 5.69 Å². The predicted molar refractivity (Wildman–Crippen MR) is 95.9 cm³/mol. The second-order valence-corrected chi connectivity index (χ2v) is 6.71. The first-order valence-corrected chi connectivity index (χ1v) is 8.80. The lowest BCUT2D eigenvalue weighted by molar-refractivity contribution is 0.868. The third-order valence-corrected chi connectivity index (χ3v) is 4.81. The van der Waals surface area contributed by atoms with Crippen molar-refractivity contribution in [1.82, 2.24) is 24.1 Å². The van der Waals surface area contributed by atoms with E-state index in [0.717, 1.165) is 28.0 Å². The monoisotopic (exact) mass is 355 g/mol. The molecule has 0 saturated carbocycles. The smallest absolute Gasteiger partial charge is 0.196 e. The van der Waals surface area contributed by atoms with E-state index in [4.69, 9.17) is 11.6 Å². The van der Waals surface area contributed by atoms with E-state index in [1.54, 1.807) is 11.8 Å². The highest BCUT2D eigenvalue weighted by Crippen LogP contribution is 2.25. The van der Waals surface area contributed by atoms with Gasteiger partial charge >= 0.3 is 0 Å². The van der Waals surface area contributed by atoms with Gasteiger partial charge in [0.25, 0.3) is 0 Å². The molecule has 0 aliphatic rings. The summed E-state index contributed by atoms with van der Waals surface area (Å²) in [5.41, 5.74) is 2.92. The van der Waals surface area contributed by atoms with Crippen LogP contribution < -0.4 is 0 Å². The molecule has 3 aromatic heterocycles. The number of fused-ring (bicyclic) bond motifs is 1. The molecule has 24 heavy (non-hydrogen) atoms. The predicted octanol–water partition coefficient (Wildman–Crippen LogP) is 4.17. The molecule has 0 amide bonds. The summed E-state index contributed by atoms with van der Waals surface area (Å²) in [4.78, 5) is 4.60. The quantitative estimate of drug-likeness (QED) is 0.515. The third kappa shape index (κ3) is 2.90. The lowest BCUT2D eigenvalue weighted by Gasteiger charge is -2.07. The molecule has 4 aromatic rings. The molecular weight excluding hydrogens is 342 g/mol. The Labute approximate surface area is 148 Å². The first-order valence-electron chi connectivity index (χ1n) is 7.44. The molecule has 0 unspecified atom stereocenters. The Kier molecular flexibility index (Phi) is 4.00. The van der Waals surface area contributed by atoms with Crippen molar-refractivity contribution in [2.45, 2.75) is 17.8 Å². The summed E-state index contributed by atoms with van der Waals surface area (Å²) in [5.74, 6) is 1.58. The highest BCUT2D eigenvalue weighted by molar-refractivity contribution is 7.98. The first-order chi connectivity index (χ1) is 11.7. The molecule has 0 N–H and O–H groups in total. The summed E-state index contributed by atoms with van der Waals surface area (Å²) in [6.45, 7) is 1.96. The van der Waals surface area contributed by atoms with E-state index >= 15 is 0 Å². The fourth-order valence-corrected chi connectivity index (χ4v) is 3.59. The van der Waals surface area contributed by atoms with Crippen LogP contribution in [0.1, 0.15) is 11.5 Å². The molecule has 0 spiro atoms. The van der Waals surface area contributed by atoms with Gasteiger partial charge in [-0.3, -0.25) is 4.57 Å². The standard InChI is InChI=1S/C17H14ClN5S/c1-12-20-21-17(23(12)15-5-3-2-4-6-15)24-11-14-10-22-9-13(18)7-8-16(22)19-14/h2-10H,11H2,1H3. The molecule has 120 valence electrons. The molecule has 0 bridgehead atoms. The number of halogens is 1. The van der Waals surface area contributed by atoms with Crippen LogP contribution in [0.4, 0.5) is 0 Å². The number of para-hydroxylation sites is 1. The topological polar surface area (TPSA) is 48.0 Å². The maximum atomic E-state index is 6.02. The number of hydrogen-bond acceptors (Lipinski definition) is 4. The highest BCUT2D eigenvalue weighted by Gasteiger charge is 2.12. The van der Waals surface area contributed by atoms with Crippen LogP contribution in [0.5, 0.6) is 0 Å². The van der Waals surface area contributed by atoms with E-state index in [2.05, 4.69) is 19.7 Å². The molecule has 3 heterocycles. The van der Waals surface area contributed by atoms with Crippen LogP contribution in [0.15, 0.2) is 60.0 Å². The van der Waals surface area contributed by atoms with Gasteiger partial charge in [-0.25, -0.2) is 4.98 Å². The van der Waals surface area contributed by atoms with E-state index in [9.17, 15) is 0 Å². The maximum absolute atomic E-state index is 6.02. The zero-order chi connectivity index (χ0) is 16.5. The van der Waals surface area contributed by atoms with E-state index < -0.39 is 0 Å². The third-order valence-electron chi connectivity index (χ3n) is 3.62. The van der Waals surface area contributed by atoms with Gasteiger partial charge < -0.3 is 4.40 Å². The van der Waals surface area contributed by atoms with Gasteiger partial charge in [0, 0.05) is 23.8 Å². The van der Waals surface area contributed by atoms with Crippen molar-refractivity contribution >= 4 is 29.0 Å². The number of hydrogen-bond donors (Lipinski definition) is 0. The van der Waals surface area contributed by atoms with Gasteiger partial charge in [0.1, 0.15) is 11.5 Å². The lowest BCUT2D eigenvalue weighted by atomic mass is 10.3. The Bertz CT molecular complexity index is 993. The molecule has 0 saturated heterocycles. The summed E-state index contributed by atoms with van der Waals surface area (Å²) in [6, 6.07) is 13.9. The molecule has 7 heteroatoms. The van der Waals surface area contributed by atoms with Gasteiger partial charge in [-0.2, -0.15) is 0 Å². The minimum atomic E-state index is 0.693. The summed E-state index contributed by atoms with van der Waals surface area (Å²) >= 11 is 7.63. The average molecular weight is 356 g/mol. The van der Waals surface area contributed by atoms with E-state index in [1.165, 1.54) is 0 Å². The summed E-state index contributed by atoms with van der Waals surface area (Å²) < 4.78 is 3.99. The summed E-state index contributed by atoms with van der Waals surface area (Å²) in [5, 5.41) is 10.1. The van der Waals surface area contributed by atoms with Crippen LogP contribution in [0.2, 0.25) is 5.02 Å². The number of nitrogens with zero attached hydrogens (tertiary/aromatic N) is 5. The van der Waals surface area contributed by atoms with Gasteiger partial charge in [0.2, 0.25) is 0 Å². The Morgan fingerprint density at radius 1 is 1.04 bits per heavy atom. The number of thioether (sulfide) groups is 1. The molecule has 0 atom stereocenters. The Morgan fingerprint density at radius 2 is 1.88 bits per heavy atom. The van der Waals surface area contributed by atoms with Crippen LogP contribution in [0.25, 0.3) is 11.3 Å². The number of rotatable bonds is 4. The fourth-order valence-electron chi connectivity index (χ4n) is 2.54. The number of pyridine rings is 1. The summed E-state index contributed by atoms with van der Waals surface area (Å²) in [7, 11) is 0. The largest absolute Gasteiger partial charge is 0.305 e. The van der Waals surface area contributed by atoms with Crippen molar-refractivity contribution in [3.05, 3.63) is 71.4 Å². The van der Waals surface area contributed by atoms with Crippen LogP contribution in [0.3, 0.4) is 0 Å². The Hall–Kier alpha value is -2.31. The van der Waals surface area contributed by atoms with Crippen LogP contribution in [-0.2, 0) is 5.75 Å². The van der Waals surface area contributed by atoms with Crippen molar-refractivity contribution < 1.29 is 0 Å². The number of imidazole rings is 1. The molecule has 0 radical (unpaired) electrons. The van der Waals surface area contributed by atoms with Crippen molar-refractivity contribution in [1.29, 1.82) is 0 Å². The minimum absolute atomic E-state index is 0.693. The fraction of sp³-hybridized carbons (Fsp3) is 0.118.